The maximum Gasteiger partial charge on any atom is 0.317 e. The molecule has 1 heterocycles. The first kappa shape index (κ1) is 12.9. The largest absolute Gasteiger partial charge is 0.388 e. The Morgan fingerprint density at radius 3 is 2.83 bits per heavy atom. The lowest BCUT2D eigenvalue weighted by Gasteiger charge is -2.36. The van der Waals surface area contributed by atoms with Crippen molar-refractivity contribution in [1.82, 2.24) is 10.2 Å². The molecule has 1 fully saturated rings. The van der Waals surface area contributed by atoms with Gasteiger partial charge in [0, 0.05) is 13.1 Å². The molecule has 18 heavy (non-hydrogen) atoms. The lowest BCUT2D eigenvalue weighted by atomic mass is 9.95. The third-order valence-corrected chi connectivity index (χ3v) is 3.25. The van der Waals surface area contributed by atoms with Gasteiger partial charge in [0.15, 0.2) is 0 Å². The van der Waals surface area contributed by atoms with Crippen LogP contribution in [-0.2, 0) is 6.54 Å². The fourth-order valence-electron chi connectivity index (χ4n) is 2.28. The fourth-order valence-corrected chi connectivity index (χ4v) is 2.28. The van der Waals surface area contributed by atoms with Crippen LogP contribution in [-0.4, -0.2) is 34.7 Å². The summed E-state index contributed by atoms with van der Waals surface area (Å²) in [6.45, 7) is 3.44. The number of hydrogen-bond donors (Lipinski definition) is 2. The third-order valence-electron chi connectivity index (χ3n) is 3.25. The van der Waals surface area contributed by atoms with Gasteiger partial charge >= 0.3 is 6.03 Å². The number of benzene rings is 1. The monoisotopic (exact) mass is 248 g/mol. The molecule has 0 bridgehead atoms. The minimum atomic E-state index is -0.748. The summed E-state index contributed by atoms with van der Waals surface area (Å²) < 4.78 is 0. The Bertz CT molecular complexity index is 404. The molecular weight excluding hydrogens is 228 g/mol. The van der Waals surface area contributed by atoms with Gasteiger partial charge in [-0.25, -0.2) is 4.79 Å². The van der Waals surface area contributed by atoms with Crippen molar-refractivity contribution in [3.63, 3.8) is 0 Å². The van der Waals surface area contributed by atoms with Gasteiger partial charge in [-0.3, -0.25) is 0 Å². The van der Waals surface area contributed by atoms with Gasteiger partial charge < -0.3 is 15.3 Å². The van der Waals surface area contributed by atoms with Gasteiger partial charge in [0.1, 0.15) is 0 Å². The van der Waals surface area contributed by atoms with E-state index < -0.39 is 5.60 Å². The quantitative estimate of drug-likeness (QED) is 0.837. The summed E-state index contributed by atoms with van der Waals surface area (Å²) in [7, 11) is 0. The highest BCUT2D eigenvalue weighted by Crippen LogP contribution is 2.20. The van der Waals surface area contributed by atoms with Gasteiger partial charge in [-0.05, 0) is 25.3 Å². The smallest absolute Gasteiger partial charge is 0.317 e. The predicted octanol–water partition coefficient (Wildman–Crippen LogP) is 1.74. The van der Waals surface area contributed by atoms with E-state index in [0.29, 0.717) is 13.1 Å². The SMILES string of the molecule is CC1(O)CCCN(C(=O)NCc2ccccc2)C1. The number of rotatable bonds is 2. The highest BCUT2D eigenvalue weighted by Gasteiger charge is 2.30. The van der Waals surface area contributed by atoms with E-state index in [1.807, 2.05) is 30.3 Å². The second-order valence-corrected chi connectivity index (χ2v) is 5.17. The Morgan fingerprint density at radius 2 is 2.17 bits per heavy atom. The molecule has 1 unspecified atom stereocenters. The third kappa shape index (κ3) is 3.47. The molecule has 1 aliphatic rings. The second kappa shape index (κ2) is 5.40. The molecule has 1 atom stereocenters. The van der Waals surface area contributed by atoms with Crippen molar-refractivity contribution in [1.29, 1.82) is 0 Å². The first-order chi connectivity index (χ1) is 8.57. The van der Waals surface area contributed by atoms with Crippen LogP contribution in [0, 0.1) is 0 Å². The molecular formula is C14H20N2O2. The summed E-state index contributed by atoms with van der Waals surface area (Å²) in [6, 6.07) is 9.71. The molecule has 0 aliphatic carbocycles. The number of nitrogens with zero attached hydrogens (tertiary/aromatic N) is 1. The van der Waals surface area contributed by atoms with Gasteiger partial charge in [0.25, 0.3) is 0 Å². The van der Waals surface area contributed by atoms with E-state index in [9.17, 15) is 9.90 Å². The highest BCUT2D eigenvalue weighted by atomic mass is 16.3. The van der Waals surface area contributed by atoms with E-state index in [2.05, 4.69) is 5.32 Å². The van der Waals surface area contributed by atoms with Crippen molar-refractivity contribution in [3.05, 3.63) is 35.9 Å². The molecule has 4 nitrogen and oxygen atoms in total. The first-order valence-corrected chi connectivity index (χ1v) is 6.36. The van der Waals surface area contributed by atoms with Gasteiger partial charge in [-0.1, -0.05) is 30.3 Å². The maximum absolute atomic E-state index is 12.0. The summed E-state index contributed by atoms with van der Waals surface area (Å²) in [5.74, 6) is 0. The van der Waals surface area contributed by atoms with Crippen molar-refractivity contribution >= 4 is 6.03 Å². The molecule has 1 saturated heterocycles. The molecule has 98 valence electrons. The number of amides is 2. The zero-order valence-corrected chi connectivity index (χ0v) is 10.7. The minimum absolute atomic E-state index is 0.0983. The van der Waals surface area contributed by atoms with Crippen LogP contribution in [0.4, 0.5) is 4.79 Å². The van der Waals surface area contributed by atoms with Crippen LogP contribution < -0.4 is 5.32 Å². The Morgan fingerprint density at radius 1 is 1.44 bits per heavy atom. The van der Waals surface area contributed by atoms with Crippen molar-refractivity contribution in [2.24, 2.45) is 0 Å². The van der Waals surface area contributed by atoms with E-state index in [1.54, 1.807) is 11.8 Å². The number of nitrogens with one attached hydrogen (secondary N) is 1. The molecule has 1 aromatic rings. The molecule has 2 N–H and O–H groups in total. The van der Waals surface area contributed by atoms with E-state index in [-0.39, 0.29) is 6.03 Å². The molecule has 0 spiro atoms. The van der Waals surface area contributed by atoms with Crippen LogP contribution >= 0.6 is 0 Å². The number of aliphatic hydroxyl groups is 1. The Hall–Kier alpha value is -1.55. The average molecular weight is 248 g/mol. The molecule has 1 aliphatic heterocycles. The predicted molar refractivity (Wildman–Crippen MR) is 70.1 cm³/mol. The zero-order chi connectivity index (χ0) is 13.0. The number of urea groups is 1. The Kier molecular flexibility index (Phi) is 3.87. The van der Waals surface area contributed by atoms with Crippen LogP contribution in [0.1, 0.15) is 25.3 Å². The van der Waals surface area contributed by atoms with Crippen LogP contribution in [0.15, 0.2) is 30.3 Å². The van der Waals surface area contributed by atoms with E-state index >= 15 is 0 Å². The van der Waals surface area contributed by atoms with E-state index in [4.69, 9.17) is 0 Å². The lowest BCUT2D eigenvalue weighted by Crippen LogP contribution is -2.51. The van der Waals surface area contributed by atoms with Crippen LogP contribution in [0.25, 0.3) is 0 Å². The highest BCUT2D eigenvalue weighted by molar-refractivity contribution is 5.74. The summed E-state index contributed by atoms with van der Waals surface area (Å²) in [6.07, 6.45) is 1.61. The first-order valence-electron chi connectivity index (χ1n) is 6.36. The van der Waals surface area contributed by atoms with Crippen molar-refractivity contribution in [2.45, 2.75) is 31.9 Å². The molecule has 4 heteroatoms. The minimum Gasteiger partial charge on any atom is -0.388 e. The summed E-state index contributed by atoms with van der Waals surface area (Å²) >= 11 is 0. The number of carbonyl (C=O) groups is 1. The number of carbonyl (C=O) groups excluding carboxylic acids is 1. The molecule has 1 aromatic carbocycles. The Balaban J connectivity index is 1.85. The van der Waals surface area contributed by atoms with Gasteiger partial charge in [-0.2, -0.15) is 0 Å². The van der Waals surface area contributed by atoms with Gasteiger partial charge in [0.2, 0.25) is 0 Å². The normalized spacial score (nSPS) is 23.8. The number of likely N-dealkylation sites (tertiary alicyclic amines) is 1. The van der Waals surface area contributed by atoms with Crippen LogP contribution in [0.3, 0.4) is 0 Å². The molecule has 0 aromatic heterocycles. The second-order valence-electron chi connectivity index (χ2n) is 5.17. The number of piperidine rings is 1. The van der Waals surface area contributed by atoms with Crippen molar-refractivity contribution < 1.29 is 9.90 Å². The number of β-amino-alcohol motifs (C(OH)–C–C–N with tert-alkyl or cyclic N) is 1. The summed E-state index contributed by atoms with van der Waals surface area (Å²) in [5, 5.41) is 12.8. The van der Waals surface area contributed by atoms with Crippen LogP contribution in [0.2, 0.25) is 0 Å². The molecule has 2 amide bonds. The van der Waals surface area contributed by atoms with Crippen molar-refractivity contribution in [2.75, 3.05) is 13.1 Å². The fraction of sp³-hybridized carbons (Fsp3) is 0.500. The summed E-state index contributed by atoms with van der Waals surface area (Å²) in [4.78, 5) is 13.6. The van der Waals surface area contributed by atoms with Crippen LogP contribution in [0.5, 0.6) is 0 Å². The topological polar surface area (TPSA) is 52.6 Å². The average Bonchev–Trinajstić information content (AvgIpc) is 2.36. The van der Waals surface area contributed by atoms with E-state index in [1.165, 1.54) is 0 Å². The molecule has 2 rings (SSSR count). The van der Waals surface area contributed by atoms with E-state index in [0.717, 1.165) is 24.9 Å². The molecule has 0 saturated carbocycles. The lowest BCUT2D eigenvalue weighted by molar-refractivity contribution is -0.00252. The Labute approximate surface area is 108 Å². The molecule has 0 radical (unpaired) electrons. The standard InChI is InChI=1S/C14H20N2O2/c1-14(18)8-5-9-16(11-14)13(17)15-10-12-6-3-2-4-7-12/h2-4,6-7,18H,5,8-11H2,1H3,(H,15,17). The van der Waals surface area contributed by atoms with Crippen molar-refractivity contribution in [3.8, 4) is 0 Å². The number of hydrogen-bond acceptors (Lipinski definition) is 2. The van der Waals surface area contributed by atoms with Gasteiger partial charge in [-0.15, -0.1) is 0 Å². The zero-order valence-electron chi connectivity index (χ0n) is 10.7. The summed E-state index contributed by atoms with van der Waals surface area (Å²) in [5.41, 5.74) is 0.331. The maximum atomic E-state index is 12.0. The van der Waals surface area contributed by atoms with Gasteiger partial charge in [0.05, 0.1) is 12.1 Å².